The van der Waals surface area contributed by atoms with Gasteiger partial charge in [-0.05, 0) is 18.1 Å². The predicted octanol–water partition coefficient (Wildman–Crippen LogP) is 3.35. The van der Waals surface area contributed by atoms with Crippen LogP contribution in [0.5, 0.6) is 0 Å². The Bertz CT molecular complexity index is 764. The van der Waals surface area contributed by atoms with Crippen molar-refractivity contribution in [2.75, 3.05) is 18.5 Å². The first-order chi connectivity index (χ1) is 11.2. The third kappa shape index (κ3) is 3.66. The normalized spacial score (nSPS) is 13.2. The van der Waals surface area contributed by atoms with Gasteiger partial charge in [0.05, 0.1) is 4.92 Å². The first-order valence-electron chi connectivity index (χ1n) is 7.49. The second-order valence-electron chi connectivity index (χ2n) is 5.32. The highest BCUT2D eigenvalue weighted by Gasteiger charge is 2.22. The summed E-state index contributed by atoms with van der Waals surface area (Å²) < 4.78 is 0. The molecule has 6 nitrogen and oxygen atoms in total. The van der Waals surface area contributed by atoms with Crippen molar-refractivity contribution >= 4 is 41.3 Å². The van der Waals surface area contributed by atoms with Gasteiger partial charge in [-0.15, -0.1) is 24.0 Å². The summed E-state index contributed by atoms with van der Waals surface area (Å²) in [7, 11) is 1.72. The van der Waals surface area contributed by atoms with Crippen LogP contribution in [0.25, 0.3) is 0 Å². The lowest BCUT2D eigenvalue weighted by Gasteiger charge is -2.22. The largest absolute Gasteiger partial charge is 0.352 e. The molecule has 2 aromatic carbocycles. The van der Waals surface area contributed by atoms with E-state index in [1.165, 1.54) is 11.6 Å². The van der Waals surface area contributed by atoms with Crippen LogP contribution in [0.15, 0.2) is 53.5 Å². The Balaban J connectivity index is 0.00000208. The molecule has 1 aliphatic heterocycles. The molecule has 3 rings (SSSR count). The fourth-order valence-corrected chi connectivity index (χ4v) is 2.87. The Morgan fingerprint density at radius 2 is 1.96 bits per heavy atom. The summed E-state index contributed by atoms with van der Waals surface area (Å²) in [5.74, 6) is 0.730. The quantitative estimate of drug-likeness (QED) is 0.262. The second kappa shape index (κ2) is 8.09. The van der Waals surface area contributed by atoms with Crippen LogP contribution >= 0.6 is 24.0 Å². The first-order valence-corrected chi connectivity index (χ1v) is 7.49. The molecule has 0 aromatic heterocycles. The Morgan fingerprint density at radius 3 is 2.71 bits per heavy atom. The number of anilines is 1. The number of guanidine groups is 1. The van der Waals surface area contributed by atoms with Crippen LogP contribution < -0.4 is 10.2 Å². The lowest BCUT2D eigenvalue weighted by Crippen LogP contribution is -2.40. The number of nitrogens with one attached hydrogen (secondary N) is 1. The minimum atomic E-state index is -0.356. The number of hydrogen-bond acceptors (Lipinski definition) is 3. The molecule has 0 unspecified atom stereocenters. The zero-order valence-electron chi connectivity index (χ0n) is 13.3. The fourth-order valence-electron chi connectivity index (χ4n) is 2.87. The lowest BCUT2D eigenvalue weighted by atomic mass is 10.2. The molecule has 7 heteroatoms. The number of nitro groups is 1. The smallest absolute Gasteiger partial charge is 0.274 e. The first kappa shape index (κ1) is 18.2. The van der Waals surface area contributed by atoms with Crippen molar-refractivity contribution in [2.45, 2.75) is 13.0 Å². The summed E-state index contributed by atoms with van der Waals surface area (Å²) in [6.45, 7) is 1.22. The molecule has 0 aliphatic carbocycles. The number of fused-ring (bicyclic) bond motifs is 1. The predicted molar refractivity (Wildman–Crippen MR) is 106 cm³/mol. The average molecular weight is 438 g/mol. The van der Waals surface area contributed by atoms with Crippen LogP contribution in [0.1, 0.15) is 11.1 Å². The van der Waals surface area contributed by atoms with Crippen LogP contribution in [0.2, 0.25) is 0 Å². The molecule has 0 radical (unpaired) electrons. The van der Waals surface area contributed by atoms with Gasteiger partial charge in [-0.2, -0.15) is 0 Å². The van der Waals surface area contributed by atoms with Gasteiger partial charge < -0.3 is 10.2 Å². The second-order valence-corrected chi connectivity index (χ2v) is 5.32. The highest BCUT2D eigenvalue weighted by Crippen LogP contribution is 2.27. The standard InChI is InChI=1S/C17H18N4O2.HI/c1-18-17(20-11-10-13-6-2-4-8-15(13)20)19-12-14-7-3-5-9-16(14)21(22)23;/h2-9H,10-12H2,1H3,(H,18,19);1H. The van der Waals surface area contributed by atoms with Gasteiger partial charge in [0.25, 0.3) is 5.69 Å². The number of aliphatic imine (C=N–C) groups is 1. The monoisotopic (exact) mass is 438 g/mol. The molecule has 126 valence electrons. The number of para-hydroxylation sites is 2. The highest BCUT2D eigenvalue weighted by atomic mass is 127. The molecule has 0 atom stereocenters. The number of nitro benzene ring substituents is 1. The Kier molecular flexibility index (Phi) is 6.13. The molecule has 0 bridgehead atoms. The van der Waals surface area contributed by atoms with E-state index in [4.69, 9.17) is 0 Å². The van der Waals surface area contributed by atoms with E-state index in [-0.39, 0.29) is 34.6 Å². The third-order valence-corrected chi connectivity index (χ3v) is 3.98. The van der Waals surface area contributed by atoms with Crippen LogP contribution in [-0.2, 0) is 13.0 Å². The van der Waals surface area contributed by atoms with Gasteiger partial charge in [-0.25, -0.2) is 0 Å². The molecule has 1 N–H and O–H groups in total. The molecule has 0 saturated carbocycles. The van der Waals surface area contributed by atoms with E-state index in [9.17, 15) is 10.1 Å². The molecule has 2 aromatic rings. The maximum atomic E-state index is 11.1. The van der Waals surface area contributed by atoms with Gasteiger partial charge in [0.1, 0.15) is 0 Å². The molecule has 24 heavy (non-hydrogen) atoms. The van der Waals surface area contributed by atoms with Crippen molar-refractivity contribution in [3.63, 3.8) is 0 Å². The Hall–Kier alpha value is -2.16. The van der Waals surface area contributed by atoms with Gasteiger partial charge in [-0.1, -0.05) is 36.4 Å². The summed E-state index contributed by atoms with van der Waals surface area (Å²) in [5, 5.41) is 14.3. The lowest BCUT2D eigenvalue weighted by molar-refractivity contribution is -0.385. The van der Waals surface area contributed by atoms with E-state index in [0.717, 1.165) is 24.6 Å². The van der Waals surface area contributed by atoms with E-state index >= 15 is 0 Å². The average Bonchev–Trinajstić information content (AvgIpc) is 3.00. The molecule has 0 amide bonds. The van der Waals surface area contributed by atoms with Gasteiger partial charge in [-0.3, -0.25) is 15.1 Å². The van der Waals surface area contributed by atoms with Gasteiger partial charge in [0.2, 0.25) is 0 Å². The summed E-state index contributed by atoms with van der Waals surface area (Å²) in [6, 6.07) is 15.0. The van der Waals surface area contributed by atoms with Crippen LogP contribution in [-0.4, -0.2) is 24.5 Å². The number of rotatable bonds is 3. The van der Waals surface area contributed by atoms with E-state index in [1.807, 2.05) is 12.1 Å². The van der Waals surface area contributed by atoms with E-state index < -0.39 is 0 Å². The summed E-state index contributed by atoms with van der Waals surface area (Å²) in [5.41, 5.74) is 3.20. The Labute approximate surface area is 157 Å². The molecular weight excluding hydrogens is 419 g/mol. The zero-order chi connectivity index (χ0) is 16.2. The maximum absolute atomic E-state index is 11.1. The van der Waals surface area contributed by atoms with Gasteiger partial charge in [0.15, 0.2) is 5.96 Å². The molecule has 1 heterocycles. The minimum Gasteiger partial charge on any atom is -0.352 e. The molecule has 1 aliphatic rings. The molecule has 0 saturated heterocycles. The van der Waals surface area contributed by atoms with Crippen molar-refractivity contribution in [3.8, 4) is 0 Å². The van der Waals surface area contributed by atoms with Crippen molar-refractivity contribution in [2.24, 2.45) is 4.99 Å². The minimum absolute atomic E-state index is 0. The highest BCUT2D eigenvalue weighted by molar-refractivity contribution is 14.0. The van der Waals surface area contributed by atoms with Crippen LogP contribution in [0.4, 0.5) is 11.4 Å². The fraction of sp³-hybridized carbons (Fsp3) is 0.235. The van der Waals surface area contributed by atoms with E-state index in [0.29, 0.717) is 12.1 Å². The van der Waals surface area contributed by atoms with Crippen LogP contribution in [0.3, 0.4) is 0 Å². The number of nitrogens with zero attached hydrogens (tertiary/aromatic N) is 3. The summed E-state index contributed by atoms with van der Waals surface area (Å²) in [6.07, 6.45) is 0.975. The SMILES string of the molecule is CN=C(NCc1ccccc1[N+](=O)[O-])N1CCc2ccccc21.I. The summed E-state index contributed by atoms with van der Waals surface area (Å²) in [4.78, 5) is 17.2. The van der Waals surface area contributed by atoms with Crippen LogP contribution in [0, 0.1) is 10.1 Å². The topological polar surface area (TPSA) is 70.8 Å². The van der Waals surface area contributed by atoms with Gasteiger partial charge in [0, 0.05) is 37.5 Å². The molecule has 0 spiro atoms. The maximum Gasteiger partial charge on any atom is 0.274 e. The van der Waals surface area contributed by atoms with Crippen molar-refractivity contribution < 1.29 is 4.92 Å². The zero-order valence-corrected chi connectivity index (χ0v) is 15.6. The third-order valence-electron chi connectivity index (χ3n) is 3.98. The van der Waals surface area contributed by atoms with Crippen molar-refractivity contribution in [1.82, 2.24) is 5.32 Å². The Morgan fingerprint density at radius 1 is 1.25 bits per heavy atom. The van der Waals surface area contributed by atoms with Crippen molar-refractivity contribution in [1.29, 1.82) is 0 Å². The summed E-state index contributed by atoms with van der Waals surface area (Å²) >= 11 is 0. The molecular formula is C17H19IN4O2. The van der Waals surface area contributed by atoms with Gasteiger partial charge >= 0.3 is 0 Å². The molecule has 0 fully saturated rings. The number of hydrogen-bond donors (Lipinski definition) is 1. The van der Waals surface area contributed by atoms with E-state index in [2.05, 4.69) is 27.3 Å². The number of benzene rings is 2. The van der Waals surface area contributed by atoms with Crippen molar-refractivity contribution in [3.05, 3.63) is 69.8 Å². The number of halogens is 1. The van der Waals surface area contributed by atoms with E-state index in [1.54, 1.807) is 25.2 Å².